The van der Waals surface area contributed by atoms with Crippen molar-refractivity contribution in [2.75, 3.05) is 0 Å². The zero-order valence-corrected chi connectivity index (χ0v) is 8.27. The molecule has 0 spiro atoms. The molecule has 0 fully saturated rings. The maximum absolute atomic E-state index is 3.27. The molecule has 0 aliphatic heterocycles. The van der Waals surface area contributed by atoms with E-state index in [2.05, 4.69) is 49.4 Å². The van der Waals surface area contributed by atoms with Gasteiger partial charge in [0.1, 0.15) is 0 Å². The molecule has 0 nitrogen and oxygen atoms in total. The van der Waals surface area contributed by atoms with Gasteiger partial charge >= 0.3 is 0 Å². The Labute approximate surface area is 85.2 Å². The van der Waals surface area contributed by atoms with Crippen molar-refractivity contribution in [2.24, 2.45) is 0 Å². The minimum atomic E-state index is 0.428. The molecule has 0 aliphatic rings. The summed E-state index contributed by atoms with van der Waals surface area (Å²) in [7, 11) is 0. The predicted octanol–water partition coefficient (Wildman–Crippen LogP) is 3.64. The monoisotopic (exact) mass is 181 g/mol. The third-order valence-electron chi connectivity index (χ3n) is 2.50. The highest BCUT2D eigenvalue weighted by Crippen LogP contribution is 2.22. The van der Waals surface area contributed by atoms with E-state index in [4.69, 9.17) is 0 Å². The summed E-state index contributed by atoms with van der Waals surface area (Å²) < 4.78 is 0. The molecule has 1 atom stereocenters. The molecular formula is C14H13. The Hall–Kier alpha value is -1.56. The molecule has 2 aromatic carbocycles. The van der Waals surface area contributed by atoms with Gasteiger partial charge in [0.25, 0.3) is 0 Å². The average molecular weight is 181 g/mol. The molecule has 0 heterocycles. The minimum absolute atomic E-state index is 0.428. The summed E-state index contributed by atoms with van der Waals surface area (Å²) in [4.78, 5) is 0. The van der Waals surface area contributed by atoms with Crippen LogP contribution in [-0.2, 0) is 0 Å². The number of hydrogen-bond acceptors (Lipinski definition) is 0. The van der Waals surface area contributed by atoms with Gasteiger partial charge in [-0.05, 0) is 17.2 Å². The van der Waals surface area contributed by atoms with Crippen LogP contribution in [0.25, 0.3) is 0 Å². The van der Waals surface area contributed by atoms with Crippen molar-refractivity contribution < 1.29 is 0 Å². The van der Waals surface area contributed by atoms with E-state index >= 15 is 0 Å². The minimum Gasteiger partial charge on any atom is -0.0622 e. The first-order valence-electron chi connectivity index (χ1n) is 4.89. The summed E-state index contributed by atoms with van der Waals surface area (Å²) in [5.41, 5.74) is 2.59. The van der Waals surface area contributed by atoms with Crippen LogP contribution in [0.3, 0.4) is 0 Å². The van der Waals surface area contributed by atoms with E-state index in [0.717, 1.165) is 0 Å². The maximum Gasteiger partial charge on any atom is 0.00671 e. The van der Waals surface area contributed by atoms with Crippen LogP contribution < -0.4 is 0 Å². The Morgan fingerprint density at radius 3 is 2.29 bits per heavy atom. The van der Waals surface area contributed by atoms with Crippen LogP contribution in [-0.4, -0.2) is 0 Å². The molecular weight excluding hydrogens is 168 g/mol. The van der Waals surface area contributed by atoms with Crippen LogP contribution in [0.5, 0.6) is 0 Å². The Balaban J connectivity index is 2.30. The molecule has 0 aromatic heterocycles. The van der Waals surface area contributed by atoms with Crippen LogP contribution in [0.1, 0.15) is 24.0 Å². The summed E-state index contributed by atoms with van der Waals surface area (Å²) >= 11 is 0. The van der Waals surface area contributed by atoms with Crippen molar-refractivity contribution in [3.8, 4) is 0 Å². The smallest absolute Gasteiger partial charge is 0.00671 e. The van der Waals surface area contributed by atoms with Crippen LogP contribution in [0.15, 0.2) is 54.6 Å². The number of hydrogen-bond donors (Lipinski definition) is 0. The fraction of sp³-hybridized carbons (Fsp3) is 0.143. The first kappa shape index (κ1) is 9.01. The average Bonchev–Trinajstić information content (AvgIpc) is 2.30. The van der Waals surface area contributed by atoms with Gasteiger partial charge in [0, 0.05) is 5.92 Å². The summed E-state index contributed by atoms with van der Waals surface area (Å²) in [6.45, 7) is 2.21. The maximum atomic E-state index is 3.27. The fourth-order valence-electron chi connectivity index (χ4n) is 1.60. The lowest BCUT2D eigenvalue weighted by Gasteiger charge is -2.11. The third kappa shape index (κ3) is 1.85. The Morgan fingerprint density at radius 1 is 0.929 bits per heavy atom. The molecule has 0 saturated carbocycles. The summed E-state index contributed by atoms with van der Waals surface area (Å²) in [6.07, 6.45) is 0. The fourth-order valence-corrected chi connectivity index (χ4v) is 1.60. The molecule has 1 radical (unpaired) electrons. The third-order valence-corrected chi connectivity index (χ3v) is 2.50. The van der Waals surface area contributed by atoms with Gasteiger partial charge in [-0.3, -0.25) is 0 Å². The van der Waals surface area contributed by atoms with E-state index < -0.39 is 0 Å². The molecule has 0 saturated heterocycles. The van der Waals surface area contributed by atoms with E-state index in [-0.39, 0.29) is 0 Å². The van der Waals surface area contributed by atoms with Gasteiger partial charge in [0.05, 0.1) is 0 Å². The normalized spacial score (nSPS) is 10.4. The highest BCUT2D eigenvalue weighted by Gasteiger charge is 2.06. The van der Waals surface area contributed by atoms with Crippen molar-refractivity contribution in [2.45, 2.75) is 12.8 Å². The lowest BCUT2D eigenvalue weighted by atomic mass is 9.93. The number of benzene rings is 2. The molecule has 2 rings (SSSR count). The predicted molar refractivity (Wildman–Crippen MR) is 59.2 cm³/mol. The molecule has 0 N–H and O–H groups in total. The van der Waals surface area contributed by atoms with E-state index in [1.54, 1.807) is 0 Å². The Kier molecular flexibility index (Phi) is 2.64. The second-order valence-corrected chi connectivity index (χ2v) is 3.45. The Morgan fingerprint density at radius 2 is 1.64 bits per heavy atom. The zero-order chi connectivity index (χ0) is 9.80. The van der Waals surface area contributed by atoms with Crippen LogP contribution in [0, 0.1) is 6.07 Å². The lowest BCUT2D eigenvalue weighted by molar-refractivity contribution is 0.920. The SMILES string of the molecule is C[C@@H](c1[c]cccc1)c1ccccc1. The van der Waals surface area contributed by atoms with E-state index in [1.807, 2.05) is 18.2 Å². The lowest BCUT2D eigenvalue weighted by Crippen LogP contribution is -1.94. The van der Waals surface area contributed by atoms with Gasteiger partial charge in [-0.1, -0.05) is 61.5 Å². The first-order valence-corrected chi connectivity index (χ1v) is 4.89. The molecule has 69 valence electrons. The van der Waals surface area contributed by atoms with Gasteiger partial charge in [-0.15, -0.1) is 0 Å². The topological polar surface area (TPSA) is 0 Å². The second kappa shape index (κ2) is 4.10. The van der Waals surface area contributed by atoms with Gasteiger partial charge in [0.15, 0.2) is 0 Å². The van der Waals surface area contributed by atoms with Crippen LogP contribution >= 0.6 is 0 Å². The van der Waals surface area contributed by atoms with Crippen molar-refractivity contribution in [3.63, 3.8) is 0 Å². The second-order valence-electron chi connectivity index (χ2n) is 3.45. The first-order chi connectivity index (χ1) is 6.88. The highest BCUT2D eigenvalue weighted by atomic mass is 14.1. The van der Waals surface area contributed by atoms with E-state index in [9.17, 15) is 0 Å². The van der Waals surface area contributed by atoms with Gasteiger partial charge in [-0.25, -0.2) is 0 Å². The molecule has 0 heteroatoms. The van der Waals surface area contributed by atoms with Crippen LogP contribution in [0.4, 0.5) is 0 Å². The number of rotatable bonds is 2. The van der Waals surface area contributed by atoms with Crippen molar-refractivity contribution >= 4 is 0 Å². The largest absolute Gasteiger partial charge is 0.0622 e. The summed E-state index contributed by atoms with van der Waals surface area (Å²) in [6, 6.07) is 21.9. The van der Waals surface area contributed by atoms with E-state index in [1.165, 1.54) is 11.1 Å². The zero-order valence-electron chi connectivity index (χ0n) is 8.27. The Bertz CT molecular complexity index is 336. The molecule has 0 bridgehead atoms. The standard InChI is InChI=1S/C14H13/c1-12(13-8-4-2-5-9-13)14-10-6-3-7-11-14/h2-10,12H,1H3/t12-/m1/s1. The van der Waals surface area contributed by atoms with Gasteiger partial charge < -0.3 is 0 Å². The molecule has 0 aliphatic carbocycles. The van der Waals surface area contributed by atoms with Crippen molar-refractivity contribution in [1.29, 1.82) is 0 Å². The quantitative estimate of drug-likeness (QED) is 0.663. The van der Waals surface area contributed by atoms with Crippen LogP contribution in [0.2, 0.25) is 0 Å². The molecule has 2 aromatic rings. The van der Waals surface area contributed by atoms with Gasteiger partial charge in [-0.2, -0.15) is 0 Å². The van der Waals surface area contributed by atoms with Crippen molar-refractivity contribution in [3.05, 3.63) is 71.8 Å². The van der Waals surface area contributed by atoms with Crippen molar-refractivity contribution in [1.82, 2.24) is 0 Å². The summed E-state index contributed by atoms with van der Waals surface area (Å²) in [5, 5.41) is 0. The molecule has 14 heavy (non-hydrogen) atoms. The summed E-state index contributed by atoms with van der Waals surface area (Å²) in [5.74, 6) is 0.428. The van der Waals surface area contributed by atoms with Gasteiger partial charge in [0.2, 0.25) is 0 Å². The van der Waals surface area contributed by atoms with E-state index in [0.29, 0.717) is 5.92 Å². The highest BCUT2D eigenvalue weighted by molar-refractivity contribution is 5.30. The molecule has 0 unspecified atom stereocenters. The molecule has 0 amide bonds.